The molecule has 0 saturated carbocycles. The summed E-state index contributed by atoms with van der Waals surface area (Å²) in [6.45, 7) is 0. The molecule has 0 fully saturated rings. The highest BCUT2D eigenvalue weighted by Gasteiger charge is 2.33. The lowest BCUT2D eigenvalue weighted by Crippen LogP contribution is -2.54. The molecule has 126 valence electrons. The second kappa shape index (κ2) is 8.34. The molecule has 0 aliphatic carbocycles. The molecule has 0 aromatic heterocycles. The fourth-order valence-corrected chi connectivity index (χ4v) is 2.05. The zero-order valence-corrected chi connectivity index (χ0v) is 14.6. The molecule has 1 atom stereocenters. The van der Waals surface area contributed by atoms with Crippen LogP contribution in [0.25, 0.3) is 0 Å². The van der Waals surface area contributed by atoms with Crippen molar-refractivity contribution in [1.29, 1.82) is 0 Å². The largest absolute Gasteiger partial charge is 0.496 e. The van der Waals surface area contributed by atoms with Crippen LogP contribution in [-0.2, 0) is 4.79 Å². The molecule has 8 nitrogen and oxygen atoms in total. The number of ether oxygens (including phenoxy) is 1. The lowest BCUT2D eigenvalue weighted by molar-refractivity contribution is -0.384. The van der Waals surface area contributed by atoms with Crippen LogP contribution in [0.1, 0.15) is 0 Å². The standard InChI is InChI=1S/C11H11Cl3N4O4S/c1-22-6-2-3-7(8(4-6)18(20)21)16-10(23)17-9(15-5-19)11(12,13)14/h2-5,9H,1H3,(H,15,19)(H2,16,17,23)/t9-/m0/s1. The number of nitro benzene ring substituents is 1. The van der Waals surface area contributed by atoms with Gasteiger partial charge in [-0.25, -0.2) is 0 Å². The van der Waals surface area contributed by atoms with Gasteiger partial charge in [-0.05, 0) is 24.4 Å². The third-order valence-electron chi connectivity index (χ3n) is 2.49. The fraction of sp³-hybridized carbons (Fsp3) is 0.273. The first-order valence-electron chi connectivity index (χ1n) is 5.85. The van der Waals surface area contributed by atoms with E-state index in [1.165, 1.54) is 25.3 Å². The average Bonchev–Trinajstić information content (AvgIpc) is 2.46. The average molecular weight is 402 g/mol. The van der Waals surface area contributed by atoms with Gasteiger partial charge in [0, 0.05) is 0 Å². The Morgan fingerprint density at radius 3 is 2.61 bits per heavy atom. The van der Waals surface area contributed by atoms with Gasteiger partial charge in [0.25, 0.3) is 5.69 Å². The SMILES string of the molecule is COc1ccc(NC(=S)N[C@H](NC=O)C(Cl)(Cl)Cl)c([N+](=O)[O-])c1. The predicted molar refractivity (Wildman–Crippen MR) is 92.3 cm³/mol. The van der Waals surface area contributed by atoms with E-state index >= 15 is 0 Å². The molecule has 12 heteroatoms. The summed E-state index contributed by atoms with van der Waals surface area (Å²) in [6, 6.07) is 4.14. The highest BCUT2D eigenvalue weighted by atomic mass is 35.6. The van der Waals surface area contributed by atoms with E-state index in [1.54, 1.807) is 0 Å². The number of methoxy groups -OCH3 is 1. The van der Waals surface area contributed by atoms with Crippen LogP contribution in [0.15, 0.2) is 18.2 Å². The Morgan fingerprint density at radius 1 is 1.48 bits per heavy atom. The third kappa shape index (κ3) is 5.87. The molecule has 0 aliphatic rings. The zero-order chi connectivity index (χ0) is 17.6. The molecule has 1 amide bonds. The van der Waals surface area contributed by atoms with Crippen LogP contribution >= 0.6 is 47.0 Å². The molecule has 1 aromatic carbocycles. The maximum absolute atomic E-state index is 11.1. The summed E-state index contributed by atoms with van der Waals surface area (Å²) < 4.78 is 3.03. The maximum atomic E-state index is 11.1. The Morgan fingerprint density at radius 2 is 2.13 bits per heavy atom. The number of rotatable bonds is 6. The first-order chi connectivity index (χ1) is 10.7. The van der Waals surface area contributed by atoms with Gasteiger partial charge in [0.05, 0.1) is 18.1 Å². The minimum Gasteiger partial charge on any atom is -0.496 e. The molecule has 0 spiro atoms. The summed E-state index contributed by atoms with van der Waals surface area (Å²) in [5, 5.41) is 18.3. The number of nitro groups is 1. The van der Waals surface area contributed by atoms with E-state index < -0.39 is 14.9 Å². The minimum atomic E-state index is -1.89. The lowest BCUT2D eigenvalue weighted by Gasteiger charge is -2.26. The highest BCUT2D eigenvalue weighted by Crippen LogP contribution is 2.30. The number of carbonyl (C=O) groups is 1. The molecule has 0 saturated heterocycles. The molecular weight excluding hydrogens is 391 g/mol. The number of nitrogens with zero attached hydrogens (tertiary/aromatic N) is 1. The van der Waals surface area contributed by atoms with E-state index in [9.17, 15) is 14.9 Å². The number of carbonyl (C=O) groups excluding carboxylic acids is 1. The number of benzene rings is 1. The molecule has 0 radical (unpaired) electrons. The van der Waals surface area contributed by atoms with Gasteiger partial charge in [-0.2, -0.15) is 0 Å². The van der Waals surface area contributed by atoms with Gasteiger partial charge in [0.15, 0.2) is 5.11 Å². The number of hydrogen-bond acceptors (Lipinski definition) is 5. The summed E-state index contributed by atoms with van der Waals surface area (Å²) in [5.41, 5.74) is -0.162. The second-order valence-electron chi connectivity index (χ2n) is 4.00. The highest BCUT2D eigenvalue weighted by molar-refractivity contribution is 7.80. The number of amides is 1. The predicted octanol–water partition coefficient (Wildman–Crippen LogP) is 2.33. The number of alkyl halides is 3. The van der Waals surface area contributed by atoms with E-state index in [0.717, 1.165) is 0 Å². The summed E-state index contributed by atoms with van der Waals surface area (Å²) in [7, 11) is 1.38. The molecule has 0 bridgehead atoms. The molecule has 23 heavy (non-hydrogen) atoms. The van der Waals surface area contributed by atoms with Crippen molar-refractivity contribution in [3.63, 3.8) is 0 Å². The van der Waals surface area contributed by atoms with Gasteiger partial charge in [-0.1, -0.05) is 34.8 Å². The van der Waals surface area contributed by atoms with Gasteiger partial charge in [0.2, 0.25) is 10.2 Å². The van der Waals surface area contributed by atoms with E-state index in [-0.39, 0.29) is 16.5 Å². The minimum absolute atomic E-state index is 0.0936. The first kappa shape index (κ1) is 19.5. The molecule has 3 N–H and O–H groups in total. The summed E-state index contributed by atoms with van der Waals surface area (Å²) in [5.74, 6) is 0.308. The van der Waals surface area contributed by atoms with Crippen molar-refractivity contribution in [3.05, 3.63) is 28.3 Å². The summed E-state index contributed by atoms with van der Waals surface area (Å²) in [4.78, 5) is 21.0. The van der Waals surface area contributed by atoms with Gasteiger partial charge in [-0.3, -0.25) is 14.9 Å². The van der Waals surface area contributed by atoms with E-state index in [4.69, 9.17) is 51.8 Å². The topological polar surface area (TPSA) is 106 Å². The van der Waals surface area contributed by atoms with Gasteiger partial charge in [0.1, 0.15) is 17.6 Å². The Hall–Kier alpha value is -1.55. The molecule has 0 unspecified atom stereocenters. The first-order valence-corrected chi connectivity index (χ1v) is 7.39. The van der Waals surface area contributed by atoms with Gasteiger partial charge in [-0.15, -0.1) is 0 Å². The quantitative estimate of drug-likeness (QED) is 0.168. The number of hydrogen-bond donors (Lipinski definition) is 3. The van der Waals surface area contributed by atoms with Crippen molar-refractivity contribution in [1.82, 2.24) is 10.6 Å². The van der Waals surface area contributed by atoms with Crippen LogP contribution in [0.2, 0.25) is 0 Å². The van der Waals surface area contributed by atoms with Crippen molar-refractivity contribution in [2.45, 2.75) is 9.96 Å². The smallest absolute Gasteiger partial charge is 0.296 e. The van der Waals surface area contributed by atoms with E-state index in [0.29, 0.717) is 12.2 Å². The normalized spacial score (nSPS) is 12.0. The van der Waals surface area contributed by atoms with E-state index in [1.807, 2.05) is 0 Å². The fourth-order valence-electron chi connectivity index (χ4n) is 1.47. The lowest BCUT2D eigenvalue weighted by atomic mass is 10.2. The summed E-state index contributed by atoms with van der Waals surface area (Å²) in [6.07, 6.45) is -0.819. The number of anilines is 1. The van der Waals surface area contributed by atoms with Crippen LogP contribution in [-0.4, -0.2) is 33.5 Å². The van der Waals surface area contributed by atoms with Gasteiger partial charge < -0.3 is 20.7 Å². The molecular formula is C11H11Cl3N4O4S. The van der Waals surface area contributed by atoms with Gasteiger partial charge >= 0.3 is 0 Å². The van der Waals surface area contributed by atoms with Crippen LogP contribution in [0, 0.1) is 10.1 Å². The zero-order valence-electron chi connectivity index (χ0n) is 11.5. The summed E-state index contributed by atoms with van der Waals surface area (Å²) >= 11 is 22.0. The Kier molecular flexibility index (Phi) is 7.07. The molecule has 1 aromatic rings. The van der Waals surface area contributed by atoms with Crippen molar-refractivity contribution in [3.8, 4) is 5.75 Å². The molecule has 1 rings (SSSR count). The van der Waals surface area contributed by atoms with Crippen molar-refractivity contribution in [2.75, 3.05) is 12.4 Å². The Bertz CT molecular complexity index is 611. The van der Waals surface area contributed by atoms with Crippen LogP contribution in [0.4, 0.5) is 11.4 Å². The van der Waals surface area contributed by atoms with Crippen molar-refractivity contribution >= 4 is 69.9 Å². The number of thiocarbonyl (C=S) groups is 1. The van der Waals surface area contributed by atoms with Crippen molar-refractivity contribution in [2.24, 2.45) is 0 Å². The number of nitrogens with one attached hydrogen (secondary N) is 3. The van der Waals surface area contributed by atoms with Crippen LogP contribution < -0.4 is 20.7 Å². The Balaban J connectivity index is 2.92. The molecule has 0 heterocycles. The Labute approximate surface area is 151 Å². The maximum Gasteiger partial charge on any atom is 0.296 e. The molecule has 0 aliphatic heterocycles. The second-order valence-corrected chi connectivity index (χ2v) is 6.77. The number of halogens is 3. The van der Waals surface area contributed by atoms with Crippen molar-refractivity contribution < 1.29 is 14.5 Å². The van der Waals surface area contributed by atoms with Crippen LogP contribution in [0.5, 0.6) is 5.75 Å². The third-order valence-corrected chi connectivity index (χ3v) is 3.36. The van der Waals surface area contributed by atoms with Crippen LogP contribution in [0.3, 0.4) is 0 Å². The van der Waals surface area contributed by atoms with E-state index in [2.05, 4.69) is 16.0 Å². The monoisotopic (exact) mass is 400 g/mol.